The average Bonchev–Trinajstić information content (AvgIpc) is 2.39. The summed E-state index contributed by atoms with van der Waals surface area (Å²) in [5, 5.41) is 8.83. The van der Waals surface area contributed by atoms with Crippen LogP contribution in [0.1, 0.15) is 27.8 Å². The predicted molar refractivity (Wildman–Crippen MR) is 65.5 cm³/mol. The van der Waals surface area contributed by atoms with Crippen LogP contribution in [0, 0.1) is 0 Å². The first-order valence-corrected chi connectivity index (χ1v) is 5.39. The normalized spacial score (nSPS) is 9.95. The molecule has 0 atom stereocenters. The highest BCUT2D eigenvalue weighted by molar-refractivity contribution is 5.92. The van der Waals surface area contributed by atoms with E-state index in [-0.39, 0.29) is 17.1 Å². The molecule has 0 amide bonds. The van der Waals surface area contributed by atoms with Gasteiger partial charge in [-0.2, -0.15) is 0 Å². The van der Waals surface area contributed by atoms with Crippen molar-refractivity contribution in [2.24, 2.45) is 0 Å². The van der Waals surface area contributed by atoms with Crippen LogP contribution in [-0.4, -0.2) is 26.8 Å². The Labute approximate surface area is 108 Å². The van der Waals surface area contributed by atoms with Gasteiger partial charge in [-0.15, -0.1) is 0 Å². The van der Waals surface area contributed by atoms with E-state index in [1.807, 2.05) is 0 Å². The molecule has 0 fully saturated rings. The highest BCUT2D eigenvalue weighted by Crippen LogP contribution is 2.20. The molecule has 2 rings (SSSR count). The van der Waals surface area contributed by atoms with Gasteiger partial charge in [0.15, 0.2) is 5.78 Å². The highest BCUT2D eigenvalue weighted by Gasteiger charge is 2.06. The van der Waals surface area contributed by atoms with Gasteiger partial charge in [0, 0.05) is 13.1 Å². The molecule has 0 saturated carbocycles. The number of hydrogen-bond acceptors (Lipinski definition) is 5. The largest absolute Gasteiger partial charge is 0.478 e. The number of rotatable bonds is 4. The standard InChI is InChI=1S/C13H10N2O4/c1-8(16)12-3-2-10(7-15-12)19-11-4-9(13(17)18)5-14-6-11/h2-7H,1H3,(H,17,18). The fraction of sp³-hybridized carbons (Fsp3) is 0.0769. The first-order chi connectivity index (χ1) is 9.06. The number of carboxylic acids is 1. The van der Waals surface area contributed by atoms with E-state index in [9.17, 15) is 9.59 Å². The number of carbonyl (C=O) groups excluding carboxylic acids is 1. The fourth-order valence-corrected chi connectivity index (χ4v) is 1.38. The third-order valence-electron chi connectivity index (χ3n) is 2.29. The van der Waals surface area contributed by atoms with Crippen molar-refractivity contribution < 1.29 is 19.4 Å². The average molecular weight is 258 g/mol. The maximum absolute atomic E-state index is 11.1. The molecule has 6 heteroatoms. The lowest BCUT2D eigenvalue weighted by Gasteiger charge is -2.05. The van der Waals surface area contributed by atoms with E-state index in [0.717, 1.165) is 0 Å². The summed E-state index contributed by atoms with van der Waals surface area (Å²) in [6, 6.07) is 4.47. The quantitative estimate of drug-likeness (QED) is 0.845. The monoisotopic (exact) mass is 258 g/mol. The summed E-state index contributed by atoms with van der Waals surface area (Å²) >= 11 is 0. The summed E-state index contributed by atoms with van der Waals surface area (Å²) in [4.78, 5) is 29.5. The zero-order valence-electron chi connectivity index (χ0n) is 10.0. The number of pyridine rings is 2. The summed E-state index contributed by atoms with van der Waals surface area (Å²) in [6.07, 6.45) is 4.02. The van der Waals surface area contributed by atoms with Gasteiger partial charge in [0.2, 0.25) is 0 Å². The molecule has 1 N–H and O–H groups in total. The molecule has 19 heavy (non-hydrogen) atoms. The summed E-state index contributed by atoms with van der Waals surface area (Å²) in [6.45, 7) is 1.42. The minimum atomic E-state index is -1.08. The van der Waals surface area contributed by atoms with Gasteiger partial charge < -0.3 is 9.84 Å². The Kier molecular flexibility index (Phi) is 3.51. The van der Waals surface area contributed by atoms with E-state index >= 15 is 0 Å². The van der Waals surface area contributed by atoms with Crippen LogP contribution in [0.3, 0.4) is 0 Å². The molecule has 0 radical (unpaired) electrons. The van der Waals surface area contributed by atoms with E-state index in [1.54, 1.807) is 6.07 Å². The zero-order chi connectivity index (χ0) is 13.8. The van der Waals surface area contributed by atoms with Crippen molar-refractivity contribution in [3.63, 3.8) is 0 Å². The van der Waals surface area contributed by atoms with Gasteiger partial charge in [0.05, 0.1) is 18.0 Å². The van der Waals surface area contributed by atoms with Crippen molar-refractivity contribution in [1.29, 1.82) is 0 Å². The topological polar surface area (TPSA) is 89.4 Å². The van der Waals surface area contributed by atoms with Crippen LogP contribution < -0.4 is 4.74 Å². The summed E-state index contributed by atoms with van der Waals surface area (Å²) in [5.74, 6) is -0.532. The molecule has 0 aromatic carbocycles. The van der Waals surface area contributed by atoms with Gasteiger partial charge in [0.1, 0.15) is 17.2 Å². The first kappa shape index (κ1) is 12.7. The molecule has 0 unspecified atom stereocenters. The Morgan fingerprint density at radius 3 is 2.53 bits per heavy atom. The van der Waals surface area contributed by atoms with Gasteiger partial charge in [0.25, 0.3) is 0 Å². The maximum Gasteiger partial charge on any atom is 0.337 e. The number of ether oxygens (including phenoxy) is 1. The van der Waals surface area contributed by atoms with Crippen molar-refractivity contribution in [3.05, 3.63) is 48.0 Å². The van der Waals surface area contributed by atoms with Crippen molar-refractivity contribution in [1.82, 2.24) is 9.97 Å². The molecule has 0 bridgehead atoms. The molecule has 2 heterocycles. The van der Waals surface area contributed by atoms with Crippen LogP contribution in [0.5, 0.6) is 11.5 Å². The second-order valence-corrected chi connectivity index (χ2v) is 3.75. The third kappa shape index (κ3) is 3.12. The molecule has 2 aromatic rings. The van der Waals surface area contributed by atoms with Crippen LogP contribution in [0.2, 0.25) is 0 Å². The Balaban J connectivity index is 2.19. The summed E-state index contributed by atoms with van der Waals surface area (Å²) in [7, 11) is 0. The molecule has 0 saturated heterocycles. The molecule has 0 aliphatic heterocycles. The van der Waals surface area contributed by atoms with Crippen molar-refractivity contribution >= 4 is 11.8 Å². The van der Waals surface area contributed by atoms with E-state index in [1.165, 1.54) is 37.6 Å². The summed E-state index contributed by atoms with van der Waals surface area (Å²) < 4.78 is 5.40. The SMILES string of the molecule is CC(=O)c1ccc(Oc2cncc(C(=O)O)c2)cn1. The van der Waals surface area contributed by atoms with Gasteiger partial charge in [-0.25, -0.2) is 9.78 Å². The van der Waals surface area contributed by atoms with Crippen molar-refractivity contribution in [3.8, 4) is 11.5 Å². The fourth-order valence-electron chi connectivity index (χ4n) is 1.38. The molecular formula is C13H10N2O4. The van der Waals surface area contributed by atoms with Gasteiger partial charge in [-0.3, -0.25) is 9.78 Å². The molecule has 6 nitrogen and oxygen atoms in total. The lowest BCUT2D eigenvalue weighted by atomic mass is 10.2. The predicted octanol–water partition coefficient (Wildman–Crippen LogP) is 2.17. The molecule has 2 aromatic heterocycles. The number of ketones is 1. The smallest absolute Gasteiger partial charge is 0.337 e. The van der Waals surface area contributed by atoms with Crippen LogP contribution in [0.15, 0.2) is 36.8 Å². The number of carbonyl (C=O) groups is 2. The third-order valence-corrected chi connectivity index (χ3v) is 2.29. The van der Waals surface area contributed by atoms with Crippen molar-refractivity contribution in [2.45, 2.75) is 6.92 Å². The first-order valence-electron chi connectivity index (χ1n) is 5.39. The van der Waals surface area contributed by atoms with Crippen LogP contribution in [-0.2, 0) is 0 Å². The highest BCUT2D eigenvalue weighted by atomic mass is 16.5. The number of Topliss-reactive ketones (excluding diaryl/α,β-unsaturated/α-hetero) is 1. The molecule has 96 valence electrons. The Hall–Kier alpha value is -2.76. The number of carboxylic acid groups (broad SMARTS) is 1. The molecule has 0 aliphatic rings. The lowest BCUT2D eigenvalue weighted by molar-refractivity contribution is 0.0695. The number of aromatic nitrogens is 2. The van der Waals surface area contributed by atoms with Gasteiger partial charge in [-0.05, 0) is 18.2 Å². The Bertz CT molecular complexity index is 623. The molecule has 0 spiro atoms. The zero-order valence-corrected chi connectivity index (χ0v) is 10.0. The van der Waals surface area contributed by atoms with Crippen LogP contribution >= 0.6 is 0 Å². The van der Waals surface area contributed by atoms with Gasteiger partial charge >= 0.3 is 5.97 Å². The lowest BCUT2D eigenvalue weighted by Crippen LogP contribution is -1.98. The Morgan fingerprint density at radius 2 is 1.95 bits per heavy atom. The van der Waals surface area contributed by atoms with Crippen LogP contribution in [0.25, 0.3) is 0 Å². The molecule has 0 aliphatic carbocycles. The van der Waals surface area contributed by atoms with E-state index in [0.29, 0.717) is 11.4 Å². The van der Waals surface area contributed by atoms with E-state index < -0.39 is 5.97 Å². The maximum atomic E-state index is 11.1. The number of hydrogen-bond donors (Lipinski definition) is 1. The number of nitrogens with zero attached hydrogens (tertiary/aromatic N) is 2. The second-order valence-electron chi connectivity index (χ2n) is 3.75. The second kappa shape index (κ2) is 5.26. The van der Waals surface area contributed by atoms with Crippen LogP contribution in [0.4, 0.5) is 0 Å². The minimum Gasteiger partial charge on any atom is -0.478 e. The van der Waals surface area contributed by atoms with E-state index in [2.05, 4.69) is 9.97 Å². The minimum absolute atomic E-state index is 0.0332. The number of aromatic carboxylic acids is 1. The Morgan fingerprint density at radius 1 is 1.16 bits per heavy atom. The molecular weight excluding hydrogens is 248 g/mol. The van der Waals surface area contributed by atoms with E-state index in [4.69, 9.17) is 9.84 Å². The van der Waals surface area contributed by atoms with Gasteiger partial charge in [-0.1, -0.05) is 0 Å². The summed E-state index contributed by atoms with van der Waals surface area (Å²) in [5.41, 5.74) is 0.371. The van der Waals surface area contributed by atoms with Crippen molar-refractivity contribution in [2.75, 3.05) is 0 Å².